The molecular formula is C15H24N2O2. The summed E-state index contributed by atoms with van der Waals surface area (Å²) in [5.41, 5.74) is 7.29. The second-order valence-corrected chi connectivity index (χ2v) is 4.72. The van der Waals surface area contributed by atoms with E-state index in [0.717, 1.165) is 19.3 Å². The number of ether oxygens (including phenoxy) is 1. The average molecular weight is 264 g/mol. The molecule has 0 radical (unpaired) electrons. The Morgan fingerprint density at radius 2 is 2.05 bits per heavy atom. The van der Waals surface area contributed by atoms with Crippen LogP contribution in [0.5, 0.6) is 0 Å². The lowest BCUT2D eigenvalue weighted by atomic mass is 10.1. The Morgan fingerprint density at radius 3 is 2.63 bits per heavy atom. The molecule has 0 saturated heterocycles. The fourth-order valence-corrected chi connectivity index (χ4v) is 2.02. The number of methoxy groups -OCH3 is 1. The molecule has 0 fully saturated rings. The summed E-state index contributed by atoms with van der Waals surface area (Å²) in [4.78, 5) is 11.5. The van der Waals surface area contributed by atoms with Gasteiger partial charge in [0.2, 0.25) is 0 Å². The van der Waals surface area contributed by atoms with Crippen molar-refractivity contribution in [3.63, 3.8) is 0 Å². The van der Waals surface area contributed by atoms with Crippen LogP contribution in [0.15, 0.2) is 30.3 Å². The maximum atomic E-state index is 11.5. The molecular weight excluding hydrogens is 240 g/mol. The molecule has 0 saturated carbocycles. The van der Waals surface area contributed by atoms with Crippen LogP contribution in [0.4, 0.5) is 0 Å². The van der Waals surface area contributed by atoms with Gasteiger partial charge in [0, 0.05) is 12.6 Å². The summed E-state index contributed by atoms with van der Waals surface area (Å²) < 4.78 is 4.77. The largest absolute Gasteiger partial charge is 0.468 e. The molecule has 1 aromatic rings. The van der Waals surface area contributed by atoms with E-state index in [4.69, 9.17) is 10.5 Å². The summed E-state index contributed by atoms with van der Waals surface area (Å²) in [5, 5.41) is 3.19. The molecule has 3 N–H and O–H groups in total. The van der Waals surface area contributed by atoms with Crippen molar-refractivity contribution in [2.75, 3.05) is 13.7 Å². The number of nitrogens with two attached hydrogens (primary N) is 1. The molecule has 0 bridgehead atoms. The maximum Gasteiger partial charge on any atom is 0.322 e. The lowest BCUT2D eigenvalue weighted by molar-refractivity contribution is -0.143. The van der Waals surface area contributed by atoms with E-state index in [9.17, 15) is 4.79 Å². The monoisotopic (exact) mass is 264 g/mol. The second-order valence-electron chi connectivity index (χ2n) is 4.72. The minimum absolute atomic E-state index is 0.00795. The van der Waals surface area contributed by atoms with Crippen LogP contribution in [0.25, 0.3) is 0 Å². The first-order valence-corrected chi connectivity index (χ1v) is 6.78. The molecule has 0 aliphatic carbocycles. The molecule has 106 valence electrons. The van der Waals surface area contributed by atoms with E-state index in [1.54, 1.807) is 0 Å². The van der Waals surface area contributed by atoms with Crippen molar-refractivity contribution < 1.29 is 9.53 Å². The highest BCUT2D eigenvalue weighted by Gasteiger charge is 2.18. The molecule has 1 rings (SSSR count). The van der Waals surface area contributed by atoms with Gasteiger partial charge >= 0.3 is 5.97 Å². The number of hydrogen-bond acceptors (Lipinski definition) is 4. The van der Waals surface area contributed by atoms with E-state index < -0.39 is 0 Å². The first-order chi connectivity index (χ1) is 9.17. The molecule has 0 heterocycles. The summed E-state index contributed by atoms with van der Waals surface area (Å²) in [6.45, 7) is 2.65. The molecule has 4 nitrogen and oxygen atoms in total. The van der Waals surface area contributed by atoms with Crippen molar-refractivity contribution in [1.29, 1.82) is 0 Å². The van der Waals surface area contributed by atoms with Crippen molar-refractivity contribution in [1.82, 2.24) is 5.32 Å². The highest BCUT2D eigenvalue weighted by atomic mass is 16.5. The first-order valence-electron chi connectivity index (χ1n) is 6.78. The number of carbonyl (C=O) groups is 1. The average Bonchev–Trinajstić information content (AvgIpc) is 2.43. The van der Waals surface area contributed by atoms with Crippen LogP contribution in [0.1, 0.15) is 25.3 Å². The number of carbonyl (C=O) groups excluding carboxylic acids is 1. The van der Waals surface area contributed by atoms with Gasteiger partial charge in [-0.15, -0.1) is 0 Å². The van der Waals surface area contributed by atoms with Crippen LogP contribution in [0, 0.1) is 0 Å². The molecule has 2 atom stereocenters. The number of esters is 1. The Bertz CT molecular complexity index is 368. The lowest BCUT2D eigenvalue weighted by Crippen LogP contribution is -2.44. The number of rotatable bonds is 8. The van der Waals surface area contributed by atoms with Crippen LogP contribution in [-0.2, 0) is 16.0 Å². The van der Waals surface area contributed by atoms with Gasteiger partial charge in [-0.2, -0.15) is 0 Å². The second kappa shape index (κ2) is 8.67. The van der Waals surface area contributed by atoms with Crippen LogP contribution in [-0.4, -0.2) is 31.7 Å². The van der Waals surface area contributed by atoms with E-state index in [1.165, 1.54) is 12.7 Å². The minimum atomic E-state index is -0.253. The van der Waals surface area contributed by atoms with Crippen LogP contribution < -0.4 is 11.1 Å². The van der Waals surface area contributed by atoms with Crippen molar-refractivity contribution in [3.8, 4) is 0 Å². The highest BCUT2D eigenvalue weighted by molar-refractivity contribution is 5.75. The zero-order chi connectivity index (χ0) is 14.1. The Labute approximate surface area is 115 Å². The Morgan fingerprint density at radius 1 is 1.37 bits per heavy atom. The van der Waals surface area contributed by atoms with E-state index >= 15 is 0 Å². The van der Waals surface area contributed by atoms with Crippen LogP contribution in [0.2, 0.25) is 0 Å². The van der Waals surface area contributed by atoms with Crippen LogP contribution >= 0.6 is 0 Å². The summed E-state index contributed by atoms with van der Waals surface area (Å²) in [6.07, 6.45) is 2.50. The van der Waals surface area contributed by atoms with Gasteiger partial charge in [0.1, 0.15) is 6.04 Å². The molecule has 1 aromatic carbocycles. The molecule has 0 amide bonds. The lowest BCUT2D eigenvalue weighted by Gasteiger charge is -2.19. The van der Waals surface area contributed by atoms with Crippen molar-refractivity contribution in [2.45, 2.75) is 38.3 Å². The zero-order valence-electron chi connectivity index (χ0n) is 11.8. The number of benzene rings is 1. The Hall–Kier alpha value is -1.39. The zero-order valence-corrected chi connectivity index (χ0v) is 11.8. The third kappa shape index (κ3) is 5.85. The van der Waals surface area contributed by atoms with E-state index in [2.05, 4.69) is 17.4 Å². The summed E-state index contributed by atoms with van der Waals surface area (Å²) in [7, 11) is 1.41. The van der Waals surface area contributed by atoms with Gasteiger partial charge in [-0.25, -0.2) is 0 Å². The summed E-state index contributed by atoms with van der Waals surface area (Å²) >= 11 is 0. The van der Waals surface area contributed by atoms with Gasteiger partial charge in [0.25, 0.3) is 0 Å². The van der Waals surface area contributed by atoms with Gasteiger partial charge < -0.3 is 15.8 Å². The summed E-state index contributed by atoms with van der Waals surface area (Å²) in [5.74, 6) is -0.214. The Balaban J connectivity index is 2.39. The van der Waals surface area contributed by atoms with E-state index in [-0.39, 0.29) is 18.1 Å². The molecule has 4 heteroatoms. The molecule has 0 aliphatic rings. The predicted molar refractivity (Wildman–Crippen MR) is 76.8 cm³/mol. The minimum Gasteiger partial charge on any atom is -0.468 e. The van der Waals surface area contributed by atoms with Gasteiger partial charge in [-0.3, -0.25) is 4.79 Å². The smallest absolute Gasteiger partial charge is 0.322 e. The number of hydrogen-bond donors (Lipinski definition) is 2. The van der Waals surface area contributed by atoms with Gasteiger partial charge in [-0.05, 0) is 18.4 Å². The highest BCUT2D eigenvalue weighted by Crippen LogP contribution is 2.03. The molecule has 0 aliphatic heterocycles. The fourth-order valence-electron chi connectivity index (χ4n) is 2.02. The summed E-state index contributed by atoms with van der Waals surface area (Å²) in [6, 6.07) is 9.85. The molecule has 0 unspecified atom stereocenters. The maximum absolute atomic E-state index is 11.5. The topological polar surface area (TPSA) is 64.3 Å². The molecule has 0 spiro atoms. The van der Waals surface area contributed by atoms with Gasteiger partial charge in [-0.1, -0.05) is 43.7 Å². The van der Waals surface area contributed by atoms with Crippen molar-refractivity contribution >= 4 is 5.97 Å². The molecule has 0 aromatic heterocycles. The fraction of sp³-hybridized carbons (Fsp3) is 0.533. The first kappa shape index (κ1) is 15.7. The quantitative estimate of drug-likeness (QED) is 0.698. The van der Waals surface area contributed by atoms with E-state index in [0.29, 0.717) is 6.54 Å². The third-order valence-corrected chi connectivity index (χ3v) is 3.03. The standard InChI is InChI=1S/C15H24N2O2/c1-3-7-14(15(18)19-2)17-11-13(16)10-12-8-5-4-6-9-12/h4-6,8-9,13-14,17H,3,7,10-11,16H2,1-2H3/t13-,14-/m0/s1. The van der Waals surface area contributed by atoms with E-state index in [1.807, 2.05) is 25.1 Å². The SMILES string of the molecule is CCC[C@H](NC[C@@H](N)Cc1ccccc1)C(=O)OC. The number of nitrogens with one attached hydrogen (secondary N) is 1. The van der Waals surface area contributed by atoms with Crippen molar-refractivity contribution in [3.05, 3.63) is 35.9 Å². The van der Waals surface area contributed by atoms with Gasteiger partial charge in [0.05, 0.1) is 7.11 Å². The van der Waals surface area contributed by atoms with Crippen LogP contribution in [0.3, 0.4) is 0 Å². The third-order valence-electron chi connectivity index (χ3n) is 3.03. The Kier molecular flexibility index (Phi) is 7.15. The normalized spacial score (nSPS) is 13.8. The van der Waals surface area contributed by atoms with Gasteiger partial charge in [0.15, 0.2) is 0 Å². The predicted octanol–water partition coefficient (Wildman–Crippen LogP) is 1.49. The molecule has 19 heavy (non-hydrogen) atoms. The van der Waals surface area contributed by atoms with Crippen molar-refractivity contribution in [2.24, 2.45) is 5.73 Å².